The zero-order chi connectivity index (χ0) is 48.6. The zero-order valence-corrected chi connectivity index (χ0v) is 42.3. The Kier molecular flexibility index (Phi) is 14.8. The van der Waals surface area contributed by atoms with Gasteiger partial charge in [-0.1, -0.05) is 33.8 Å². The smallest absolute Gasteiger partial charge is 0.324 e. The molecule has 0 saturated carbocycles. The second-order valence-corrected chi connectivity index (χ2v) is 21.0. The van der Waals surface area contributed by atoms with Crippen molar-refractivity contribution in [3.05, 3.63) is 52.1 Å². The molecule has 3 saturated heterocycles. The van der Waals surface area contributed by atoms with Gasteiger partial charge >= 0.3 is 12.0 Å². The monoisotopic (exact) mass is 955 g/mol. The maximum absolute atomic E-state index is 14.6. The van der Waals surface area contributed by atoms with Gasteiger partial charge in [0.2, 0.25) is 5.91 Å². The molecule has 0 spiro atoms. The highest BCUT2D eigenvalue weighted by Crippen LogP contribution is 2.43. The number of hydrogen-bond donors (Lipinski definition) is 2. The van der Waals surface area contributed by atoms with E-state index < -0.39 is 41.3 Å². The number of hydrazine groups is 1. The summed E-state index contributed by atoms with van der Waals surface area (Å²) in [6, 6.07) is 5.78. The van der Waals surface area contributed by atoms with Crippen LogP contribution in [0.2, 0.25) is 0 Å². The van der Waals surface area contributed by atoms with Gasteiger partial charge in [0.25, 0.3) is 5.91 Å². The molecule has 4 aliphatic rings. The number of esters is 1. The number of methoxy groups -OCH3 is 2. The van der Waals surface area contributed by atoms with E-state index in [0.29, 0.717) is 50.4 Å². The molecule has 0 aliphatic carbocycles. The number of rotatable bonds is 10. The van der Waals surface area contributed by atoms with Crippen LogP contribution >= 0.6 is 11.3 Å². The molecule has 3 fully saturated rings. The van der Waals surface area contributed by atoms with Crippen LogP contribution in [0.15, 0.2) is 35.8 Å². The minimum Gasteiger partial charge on any atom is -0.464 e. The van der Waals surface area contributed by atoms with Gasteiger partial charge in [0, 0.05) is 99.8 Å². The van der Waals surface area contributed by atoms with Gasteiger partial charge < -0.3 is 43.7 Å². The van der Waals surface area contributed by atoms with Crippen LogP contribution in [-0.2, 0) is 48.0 Å². The van der Waals surface area contributed by atoms with Crippen molar-refractivity contribution in [3.63, 3.8) is 0 Å². The van der Waals surface area contributed by atoms with E-state index in [1.165, 1.54) is 21.2 Å². The molecule has 7 heterocycles. The highest BCUT2D eigenvalue weighted by Gasteiger charge is 2.41. The molecule has 18 heteroatoms. The number of cyclic esters (lactones) is 1. The summed E-state index contributed by atoms with van der Waals surface area (Å²) in [5, 5.41) is 8.20. The Labute approximate surface area is 404 Å². The van der Waals surface area contributed by atoms with Crippen molar-refractivity contribution in [2.75, 3.05) is 85.6 Å². The molecule has 17 nitrogen and oxygen atoms in total. The number of aryl methyl sites for hydroxylation is 1. The lowest BCUT2D eigenvalue weighted by molar-refractivity contribution is -0.155. The normalized spacial score (nSPS) is 21.6. The van der Waals surface area contributed by atoms with E-state index in [-0.39, 0.29) is 37.2 Å². The van der Waals surface area contributed by atoms with Crippen LogP contribution in [0.3, 0.4) is 0 Å². The van der Waals surface area contributed by atoms with Crippen molar-refractivity contribution >= 4 is 51.7 Å². The number of benzene rings is 1. The minimum absolute atomic E-state index is 0.0407. The summed E-state index contributed by atoms with van der Waals surface area (Å²) in [6.45, 7) is 18.0. The largest absolute Gasteiger partial charge is 0.464 e. The molecular formula is C50H70N10O7S. The Morgan fingerprint density at radius 1 is 1.07 bits per heavy atom. The number of pyridine rings is 1. The lowest BCUT2D eigenvalue weighted by atomic mass is 9.84. The number of nitrogens with zero attached hydrogens (tertiary/aromatic N) is 8. The van der Waals surface area contributed by atoms with Gasteiger partial charge in [-0.15, -0.1) is 11.3 Å². The Bertz CT molecular complexity index is 2490. The van der Waals surface area contributed by atoms with Gasteiger partial charge in [-0.25, -0.2) is 15.2 Å². The number of fused-ring (bicyclic) bond motifs is 6. The number of carbonyl (C=O) groups excluding carboxylic acids is 4. The number of piperazine rings is 1. The summed E-state index contributed by atoms with van der Waals surface area (Å²) in [6.07, 6.45) is 3.37. The lowest BCUT2D eigenvalue weighted by Crippen LogP contribution is -2.64. The summed E-state index contributed by atoms with van der Waals surface area (Å²) in [5.41, 5.74) is 10.5. The number of nitrogens with one attached hydrogen (secondary N) is 2. The van der Waals surface area contributed by atoms with E-state index in [4.69, 9.17) is 24.2 Å². The molecular weight excluding hydrogens is 885 g/mol. The minimum atomic E-state index is -1.05. The Morgan fingerprint density at radius 3 is 2.51 bits per heavy atom. The quantitative estimate of drug-likeness (QED) is 0.196. The van der Waals surface area contributed by atoms with E-state index in [9.17, 15) is 19.2 Å². The van der Waals surface area contributed by atoms with Gasteiger partial charge in [0.05, 0.1) is 65.9 Å². The van der Waals surface area contributed by atoms with Gasteiger partial charge in [-0.2, -0.15) is 0 Å². The molecule has 368 valence electrons. The molecule has 68 heavy (non-hydrogen) atoms. The van der Waals surface area contributed by atoms with E-state index in [1.54, 1.807) is 26.2 Å². The van der Waals surface area contributed by atoms with Crippen LogP contribution in [0.1, 0.15) is 76.8 Å². The van der Waals surface area contributed by atoms with Crippen molar-refractivity contribution in [2.24, 2.45) is 11.3 Å². The van der Waals surface area contributed by atoms with Crippen molar-refractivity contribution in [2.45, 2.75) is 104 Å². The third-order valence-corrected chi connectivity index (χ3v) is 15.0. The molecule has 4 atom stereocenters. The van der Waals surface area contributed by atoms with Crippen molar-refractivity contribution in [3.8, 4) is 22.5 Å². The second kappa shape index (κ2) is 20.4. The van der Waals surface area contributed by atoms with E-state index >= 15 is 0 Å². The molecule has 0 radical (unpaired) electrons. The number of aromatic nitrogens is 3. The highest BCUT2D eigenvalue weighted by molar-refractivity contribution is 7.10. The Balaban J connectivity index is 1.20. The summed E-state index contributed by atoms with van der Waals surface area (Å²) in [4.78, 5) is 74.7. The van der Waals surface area contributed by atoms with Crippen LogP contribution in [0.25, 0.3) is 33.4 Å². The first-order valence-electron chi connectivity index (χ1n) is 24.2. The number of hydrogen-bond acceptors (Lipinski definition) is 13. The van der Waals surface area contributed by atoms with Crippen LogP contribution < -0.4 is 15.6 Å². The fourth-order valence-electron chi connectivity index (χ4n) is 10.1. The van der Waals surface area contributed by atoms with Crippen LogP contribution in [0.4, 0.5) is 10.5 Å². The first-order valence-corrected chi connectivity index (χ1v) is 25.0. The van der Waals surface area contributed by atoms with Gasteiger partial charge in [-0.05, 0) is 69.8 Å². The maximum atomic E-state index is 14.6. The third-order valence-electron chi connectivity index (χ3n) is 14.2. The standard InChI is InChI=1S/C50H70N10O7S/c1-11-59-41-15-14-32-21-35(41)37(45(59)36-22-33(25-51-43(36)31(4)65-9)57-19-17-55(7)18-20-57)24-50(5,6)29-67-48(63)38-13-12-16-60(54-38)47(62)39(23-42-52-40(32)28-68-42)53-46(61)44(30(2)3)56(8)49(64)58-26-34(27-58)66-10/h14-15,21-22,25,28,30-31,34,38-39,44,54H,11-13,16-20,23-24,26-27,29H2,1-10H3,(H,53,61)/t31-,38-,39-,44?/m0/s1. The Hall–Kier alpha value is -5.14. The number of ether oxygens (including phenoxy) is 3. The number of carbonyl (C=O) groups is 4. The van der Waals surface area contributed by atoms with Crippen LogP contribution in [0, 0.1) is 11.3 Å². The lowest BCUT2D eigenvalue weighted by Gasteiger charge is -2.42. The number of likely N-dealkylation sites (N-methyl/N-ethyl adjacent to an activating group) is 2. The molecule has 6 bridgehead atoms. The fraction of sp³-hybridized carbons (Fsp3) is 0.600. The van der Waals surface area contributed by atoms with Crippen molar-refractivity contribution in [1.29, 1.82) is 0 Å². The molecule has 4 aromatic rings. The Morgan fingerprint density at radius 2 is 1.82 bits per heavy atom. The number of thiazole rings is 1. The SMILES string of the molecule is CCn1c(-c2cc(N3CCN(C)CC3)cnc2[C@H](C)OC)c2c3cc(ccc31)-c1csc(n1)C[C@H](NC(=O)C(C(C)C)N(C)C(=O)N1CC(OC)C1)C(=O)N1CCC[C@H](N1)C(=O)OCC(C)(C)C2. The molecule has 3 aromatic heterocycles. The van der Waals surface area contributed by atoms with E-state index in [2.05, 4.69) is 77.2 Å². The van der Waals surface area contributed by atoms with E-state index in [0.717, 1.165) is 76.5 Å². The van der Waals surface area contributed by atoms with Gasteiger partial charge in [0.1, 0.15) is 18.1 Å². The first-order chi connectivity index (χ1) is 32.5. The number of anilines is 1. The summed E-state index contributed by atoms with van der Waals surface area (Å²) in [7, 11) is 7.11. The number of likely N-dealkylation sites (tertiary alicyclic amines) is 1. The maximum Gasteiger partial charge on any atom is 0.324 e. The summed E-state index contributed by atoms with van der Waals surface area (Å²) in [5.74, 6) is -1.56. The predicted octanol–water partition coefficient (Wildman–Crippen LogP) is 5.36. The topological polar surface area (TPSA) is 167 Å². The molecule has 8 rings (SSSR count). The summed E-state index contributed by atoms with van der Waals surface area (Å²) >= 11 is 1.43. The van der Waals surface area contributed by atoms with Gasteiger partial charge in [-0.3, -0.25) is 24.4 Å². The molecule has 2 N–H and O–H groups in total. The third kappa shape index (κ3) is 10.1. The van der Waals surface area contributed by atoms with E-state index in [1.807, 2.05) is 32.3 Å². The molecule has 1 aromatic carbocycles. The fourth-order valence-corrected chi connectivity index (χ4v) is 11.0. The van der Waals surface area contributed by atoms with Crippen molar-refractivity contribution < 1.29 is 33.4 Å². The zero-order valence-electron chi connectivity index (χ0n) is 41.5. The summed E-state index contributed by atoms with van der Waals surface area (Å²) < 4.78 is 19.9. The second-order valence-electron chi connectivity index (χ2n) is 20.1. The molecule has 4 aliphatic heterocycles. The number of amides is 4. The average molecular weight is 955 g/mol. The average Bonchev–Trinajstić information content (AvgIpc) is 3.90. The van der Waals surface area contributed by atoms with Crippen molar-refractivity contribution in [1.82, 2.24) is 45.0 Å². The van der Waals surface area contributed by atoms with Crippen LogP contribution in [0.5, 0.6) is 0 Å². The van der Waals surface area contributed by atoms with Gasteiger partial charge in [0.15, 0.2) is 0 Å². The number of urea groups is 1. The highest BCUT2D eigenvalue weighted by atomic mass is 32.1. The van der Waals surface area contributed by atoms with Crippen LogP contribution in [-0.4, -0.2) is 163 Å². The molecule has 1 unspecified atom stereocenters. The molecule has 4 amide bonds. The first kappa shape index (κ1) is 49.3. The predicted molar refractivity (Wildman–Crippen MR) is 263 cm³/mol.